The third-order valence-electron chi connectivity index (χ3n) is 4.33. The molecular weight excluding hydrogens is 406 g/mol. The maximum Gasteiger partial charge on any atom is 0.287 e. The smallest absolute Gasteiger partial charge is 0.287 e. The van der Waals surface area contributed by atoms with Crippen LogP contribution in [0.2, 0.25) is 0 Å². The van der Waals surface area contributed by atoms with E-state index in [1.165, 1.54) is 12.5 Å². The molecule has 0 spiro atoms. The molecule has 1 aromatic carbocycles. The van der Waals surface area contributed by atoms with Crippen molar-refractivity contribution in [2.24, 2.45) is 0 Å². The molecule has 1 fully saturated rings. The third-order valence-corrected chi connectivity index (χ3v) is 6.51. The first-order valence-corrected chi connectivity index (χ1v) is 10.8. The van der Waals surface area contributed by atoms with Crippen molar-refractivity contribution in [1.82, 2.24) is 5.32 Å². The van der Waals surface area contributed by atoms with Gasteiger partial charge in [-0.05, 0) is 49.2 Å². The fraction of sp³-hybridized carbons (Fsp3) is 0.389. The second kappa shape index (κ2) is 7.74. The Labute approximate surface area is 155 Å². The second-order valence-corrected chi connectivity index (χ2v) is 9.19. The SMILES string of the molecule is O=C(NC1CCCCC1)c1ccc(CS(=O)(=O)c2ccc(Br)cc2)o1. The molecule has 5 nitrogen and oxygen atoms in total. The number of halogens is 1. The van der Waals surface area contributed by atoms with Crippen LogP contribution in [0.5, 0.6) is 0 Å². The van der Waals surface area contributed by atoms with E-state index in [1.54, 1.807) is 30.3 Å². The van der Waals surface area contributed by atoms with Gasteiger partial charge in [0.05, 0.1) is 4.90 Å². The van der Waals surface area contributed by atoms with Gasteiger partial charge >= 0.3 is 0 Å². The minimum atomic E-state index is -3.52. The molecule has 25 heavy (non-hydrogen) atoms. The predicted molar refractivity (Wildman–Crippen MR) is 98.1 cm³/mol. The summed E-state index contributed by atoms with van der Waals surface area (Å²) in [4.78, 5) is 12.5. The van der Waals surface area contributed by atoms with E-state index in [-0.39, 0.29) is 34.1 Å². The summed E-state index contributed by atoms with van der Waals surface area (Å²) < 4.78 is 31.1. The number of benzene rings is 1. The van der Waals surface area contributed by atoms with E-state index in [0.717, 1.165) is 30.2 Å². The summed E-state index contributed by atoms with van der Waals surface area (Å²) in [6.07, 6.45) is 5.43. The number of carbonyl (C=O) groups is 1. The molecule has 2 aromatic rings. The fourth-order valence-corrected chi connectivity index (χ4v) is 4.50. The highest BCUT2D eigenvalue weighted by atomic mass is 79.9. The predicted octanol–water partition coefficient (Wildman–Crippen LogP) is 4.08. The number of carbonyl (C=O) groups excluding carboxylic acids is 1. The number of amides is 1. The number of sulfone groups is 1. The van der Waals surface area contributed by atoms with Crippen molar-refractivity contribution >= 4 is 31.7 Å². The van der Waals surface area contributed by atoms with Crippen molar-refractivity contribution < 1.29 is 17.6 Å². The maximum atomic E-state index is 12.4. The van der Waals surface area contributed by atoms with Crippen LogP contribution in [-0.4, -0.2) is 20.4 Å². The number of hydrogen-bond donors (Lipinski definition) is 1. The van der Waals surface area contributed by atoms with Gasteiger partial charge in [-0.3, -0.25) is 4.79 Å². The standard InChI is InChI=1S/C18H20BrNO4S/c19-13-6-9-16(10-7-13)25(22,23)12-15-8-11-17(24-15)18(21)20-14-4-2-1-3-5-14/h6-11,14H,1-5,12H2,(H,20,21). The highest BCUT2D eigenvalue weighted by Gasteiger charge is 2.21. The van der Waals surface area contributed by atoms with E-state index in [4.69, 9.17) is 4.42 Å². The van der Waals surface area contributed by atoms with Crippen LogP contribution < -0.4 is 5.32 Å². The van der Waals surface area contributed by atoms with Gasteiger partial charge in [-0.2, -0.15) is 0 Å². The number of furan rings is 1. The Morgan fingerprint density at radius 1 is 1.08 bits per heavy atom. The molecule has 0 saturated heterocycles. The Morgan fingerprint density at radius 3 is 2.44 bits per heavy atom. The zero-order chi connectivity index (χ0) is 17.9. The molecule has 134 valence electrons. The van der Waals surface area contributed by atoms with Gasteiger partial charge in [0.1, 0.15) is 11.5 Å². The molecule has 1 aliphatic rings. The highest BCUT2D eigenvalue weighted by Crippen LogP contribution is 2.21. The van der Waals surface area contributed by atoms with Crippen molar-refractivity contribution in [1.29, 1.82) is 0 Å². The van der Waals surface area contributed by atoms with Gasteiger partial charge in [-0.15, -0.1) is 0 Å². The monoisotopic (exact) mass is 425 g/mol. The van der Waals surface area contributed by atoms with E-state index in [2.05, 4.69) is 21.2 Å². The molecule has 0 atom stereocenters. The summed E-state index contributed by atoms with van der Waals surface area (Å²) in [5.41, 5.74) is 0. The first kappa shape index (κ1) is 18.2. The van der Waals surface area contributed by atoms with E-state index in [0.29, 0.717) is 0 Å². The summed E-state index contributed by atoms with van der Waals surface area (Å²) in [5, 5.41) is 2.96. The first-order valence-electron chi connectivity index (χ1n) is 8.32. The highest BCUT2D eigenvalue weighted by molar-refractivity contribution is 9.10. The second-order valence-electron chi connectivity index (χ2n) is 6.29. The third kappa shape index (κ3) is 4.73. The van der Waals surface area contributed by atoms with Crippen LogP contribution in [-0.2, 0) is 15.6 Å². The topological polar surface area (TPSA) is 76.4 Å². The van der Waals surface area contributed by atoms with Gasteiger partial charge in [-0.1, -0.05) is 35.2 Å². The average Bonchev–Trinajstić information content (AvgIpc) is 3.04. The van der Waals surface area contributed by atoms with E-state index in [1.807, 2.05) is 0 Å². The molecule has 1 N–H and O–H groups in total. The molecule has 0 radical (unpaired) electrons. The number of nitrogens with one attached hydrogen (secondary N) is 1. The van der Waals surface area contributed by atoms with Crippen LogP contribution >= 0.6 is 15.9 Å². The molecule has 0 bridgehead atoms. The molecule has 0 aliphatic heterocycles. The zero-order valence-corrected chi connectivity index (χ0v) is 16.1. The lowest BCUT2D eigenvalue weighted by Gasteiger charge is -2.22. The van der Waals surface area contributed by atoms with Crippen molar-refractivity contribution in [2.75, 3.05) is 0 Å². The van der Waals surface area contributed by atoms with Crippen LogP contribution in [0, 0.1) is 0 Å². The van der Waals surface area contributed by atoms with Gasteiger partial charge in [-0.25, -0.2) is 8.42 Å². The molecule has 1 aliphatic carbocycles. The van der Waals surface area contributed by atoms with Crippen molar-refractivity contribution in [3.63, 3.8) is 0 Å². The summed E-state index contributed by atoms with van der Waals surface area (Å²) >= 11 is 3.28. The maximum absolute atomic E-state index is 12.4. The summed E-state index contributed by atoms with van der Waals surface area (Å²) in [6.45, 7) is 0. The van der Waals surface area contributed by atoms with Crippen LogP contribution in [0.4, 0.5) is 0 Å². The Morgan fingerprint density at radius 2 is 1.76 bits per heavy atom. The van der Waals surface area contributed by atoms with Gasteiger partial charge < -0.3 is 9.73 Å². The Balaban J connectivity index is 1.66. The molecule has 3 rings (SSSR count). The van der Waals surface area contributed by atoms with Crippen LogP contribution in [0.25, 0.3) is 0 Å². The summed E-state index contributed by atoms with van der Waals surface area (Å²) in [5.74, 6) is -0.131. The lowest BCUT2D eigenvalue weighted by molar-refractivity contribution is 0.0898. The Hall–Kier alpha value is -1.60. The van der Waals surface area contributed by atoms with Gasteiger partial charge in [0.25, 0.3) is 5.91 Å². The normalized spacial score (nSPS) is 15.9. The van der Waals surface area contributed by atoms with Gasteiger partial charge in [0, 0.05) is 10.5 Å². The largest absolute Gasteiger partial charge is 0.455 e. The molecular formula is C18H20BrNO4S. The lowest BCUT2D eigenvalue weighted by atomic mass is 9.95. The van der Waals surface area contributed by atoms with Gasteiger partial charge in [0.15, 0.2) is 15.6 Å². The average molecular weight is 426 g/mol. The van der Waals surface area contributed by atoms with Crippen molar-refractivity contribution in [3.05, 3.63) is 52.4 Å². The number of hydrogen-bond acceptors (Lipinski definition) is 4. The molecule has 1 aromatic heterocycles. The van der Waals surface area contributed by atoms with E-state index in [9.17, 15) is 13.2 Å². The van der Waals surface area contributed by atoms with Crippen molar-refractivity contribution in [3.8, 4) is 0 Å². The minimum absolute atomic E-state index is 0.159. The van der Waals surface area contributed by atoms with E-state index < -0.39 is 9.84 Å². The van der Waals surface area contributed by atoms with Crippen molar-refractivity contribution in [2.45, 2.75) is 48.8 Å². The lowest BCUT2D eigenvalue weighted by Crippen LogP contribution is -2.35. The van der Waals surface area contributed by atoms with Crippen LogP contribution in [0.15, 0.2) is 50.2 Å². The zero-order valence-electron chi connectivity index (χ0n) is 13.7. The Bertz CT molecular complexity index is 836. The van der Waals surface area contributed by atoms with E-state index >= 15 is 0 Å². The quantitative estimate of drug-likeness (QED) is 0.782. The summed E-state index contributed by atoms with van der Waals surface area (Å²) in [6, 6.07) is 9.70. The fourth-order valence-electron chi connectivity index (χ4n) is 2.99. The summed E-state index contributed by atoms with van der Waals surface area (Å²) in [7, 11) is -3.52. The molecule has 7 heteroatoms. The molecule has 1 saturated carbocycles. The number of rotatable bonds is 5. The minimum Gasteiger partial charge on any atom is -0.455 e. The Kier molecular flexibility index (Phi) is 5.64. The van der Waals surface area contributed by atoms with Crippen LogP contribution in [0.1, 0.15) is 48.4 Å². The molecule has 1 amide bonds. The van der Waals surface area contributed by atoms with Crippen LogP contribution in [0.3, 0.4) is 0 Å². The first-order chi connectivity index (χ1) is 11.9. The van der Waals surface area contributed by atoms with Gasteiger partial charge in [0.2, 0.25) is 0 Å². The molecule has 0 unspecified atom stereocenters. The molecule has 1 heterocycles.